The van der Waals surface area contributed by atoms with Crippen molar-refractivity contribution in [1.29, 1.82) is 0 Å². The fourth-order valence-electron chi connectivity index (χ4n) is 3.73. The van der Waals surface area contributed by atoms with Crippen LogP contribution < -0.4 is 11.1 Å². The lowest BCUT2D eigenvalue weighted by molar-refractivity contribution is -0.120. The van der Waals surface area contributed by atoms with Crippen LogP contribution in [-0.4, -0.2) is 47.9 Å². The number of nitrogens with zero attached hydrogens (tertiary/aromatic N) is 1. The Hall–Kier alpha value is -1.24. The number of hydrogen-bond acceptors (Lipinski definition) is 4. The molecule has 2 aliphatic rings. The minimum absolute atomic E-state index is 0. The first-order valence-corrected chi connectivity index (χ1v) is 10.2. The monoisotopic (exact) mass is 397 g/mol. The van der Waals surface area contributed by atoms with Crippen LogP contribution in [0.1, 0.15) is 35.2 Å². The minimum Gasteiger partial charge on any atom is -0.337 e. The highest BCUT2D eigenvalue weighted by molar-refractivity contribution is 7.99. The highest BCUT2D eigenvalue weighted by Gasteiger charge is 2.32. The van der Waals surface area contributed by atoms with E-state index in [-0.39, 0.29) is 36.1 Å². The van der Waals surface area contributed by atoms with Gasteiger partial charge >= 0.3 is 0 Å². The molecule has 2 fully saturated rings. The zero-order valence-electron chi connectivity index (χ0n) is 15.2. The third-order valence-corrected chi connectivity index (χ3v) is 6.28. The molecule has 5 nitrogen and oxygen atoms in total. The van der Waals surface area contributed by atoms with Gasteiger partial charge in [-0.2, -0.15) is 11.8 Å². The number of carbonyl (C=O) groups excluding carboxylic acids is 2. The highest BCUT2D eigenvalue weighted by atomic mass is 35.5. The third kappa shape index (κ3) is 4.72. The van der Waals surface area contributed by atoms with Crippen LogP contribution in [0.3, 0.4) is 0 Å². The van der Waals surface area contributed by atoms with Crippen LogP contribution in [0.25, 0.3) is 0 Å². The van der Waals surface area contributed by atoms with Gasteiger partial charge < -0.3 is 16.0 Å². The lowest BCUT2D eigenvalue weighted by Gasteiger charge is -2.26. The second-order valence-electron chi connectivity index (χ2n) is 6.96. The van der Waals surface area contributed by atoms with Crippen molar-refractivity contribution < 1.29 is 9.59 Å². The fourth-order valence-corrected chi connectivity index (χ4v) is 4.63. The summed E-state index contributed by atoms with van der Waals surface area (Å²) in [7, 11) is 0. The molecule has 0 radical (unpaired) electrons. The number of anilines is 1. The van der Waals surface area contributed by atoms with Crippen molar-refractivity contribution in [2.24, 2.45) is 17.6 Å². The molecular formula is C19H28ClN3O2S. The van der Waals surface area contributed by atoms with Crippen molar-refractivity contribution in [3.63, 3.8) is 0 Å². The molecule has 3 rings (SSSR count). The van der Waals surface area contributed by atoms with Crippen LogP contribution >= 0.6 is 24.2 Å². The largest absolute Gasteiger partial charge is 0.337 e. The SMILES string of the molecule is Cc1ccc(C(=O)N2CCSCC2)cc1NC(=O)[C@@H]1CCC[C@@H]1CN.Cl. The average molecular weight is 398 g/mol. The summed E-state index contributed by atoms with van der Waals surface area (Å²) in [6.07, 6.45) is 2.99. The van der Waals surface area contributed by atoms with E-state index in [2.05, 4.69) is 5.32 Å². The zero-order chi connectivity index (χ0) is 17.8. The van der Waals surface area contributed by atoms with Crippen molar-refractivity contribution in [2.75, 3.05) is 36.5 Å². The first-order valence-electron chi connectivity index (χ1n) is 9.08. The Kier molecular flexibility index (Phi) is 7.80. The van der Waals surface area contributed by atoms with E-state index < -0.39 is 0 Å². The molecule has 2 amide bonds. The highest BCUT2D eigenvalue weighted by Crippen LogP contribution is 2.32. The Morgan fingerprint density at radius 1 is 1.27 bits per heavy atom. The number of amides is 2. The predicted molar refractivity (Wildman–Crippen MR) is 110 cm³/mol. The van der Waals surface area contributed by atoms with Crippen molar-refractivity contribution in [3.05, 3.63) is 29.3 Å². The molecule has 1 saturated heterocycles. The van der Waals surface area contributed by atoms with Crippen molar-refractivity contribution in [1.82, 2.24) is 4.90 Å². The van der Waals surface area contributed by atoms with Gasteiger partial charge in [-0.3, -0.25) is 9.59 Å². The van der Waals surface area contributed by atoms with Crippen molar-refractivity contribution in [3.8, 4) is 0 Å². The Morgan fingerprint density at radius 2 is 2.00 bits per heavy atom. The molecule has 1 aromatic rings. The minimum atomic E-state index is -0.0112. The summed E-state index contributed by atoms with van der Waals surface area (Å²) < 4.78 is 0. The van der Waals surface area contributed by atoms with Crippen LogP contribution in [0, 0.1) is 18.8 Å². The maximum absolute atomic E-state index is 12.7. The van der Waals surface area contributed by atoms with E-state index >= 15 is 0 Å². The molecule has 0 unspecified atom stereocenters. The second kappa shape index (κ2) is 9.62. The second-order valence-corrected chi connectivity index (χ2v) is 8.18. The quantitative estimate of drug-likeness (QED) is 0.819. The molecule has 1 aliphatic heterocycles. The Labute approximate surface area is 165 Å². The van der Waals surface area contributed by atoms with Crippen molar-refractivity contribution in [2.45, 2.75) is 26.2 Å². The first kappa shape index (κ1) is 21.1. The Morgan fingerprint density at radius 3 is 2.69 bits per heavy atom. The van der Waals surface area contributed by atoms with E-state index in [1.165, 1.54) is 0 Å². The summed E-state index contributed by atoms with van der Waals surface area (Å²) >= 11 is 1.88. The summed E-state index contributed by atoms with van der Waals surface area (Å²) in [5, 5.41) is 3.05. The van der Waals surface area contributed by atoms with Crippen LogP contribution in [0.5, 0.6) is 0 Å². The Bertz CT molecular complexity index is 650. The molecule has 0 bridgehead atoms. The molecule has 7 heteroatoms. The molecule has 26 heavy (non-hydrogen) atoms. The standard InChI is InChI=1S/C19H27N3O2S.ClH/c1-13-5-6-14(19(24)22-7-9-25-10-8-22)11-17(13)21-18(23)16-4-2-3-15(16)12-20;/h5-6,11,15-16H,2-4,7-10,12,20H2,1H3,(H,21,23);1H/t15-,16-;/m1./s1. The molecule has 3 N–H and O–H groups in total. The fraction of sp³-hybridized carbons (Fsp3) is 0.579. The summed E-state index contributed by atoms with van der Waals surface area (Å²) in [4.78, 5) is 27.2. The van der Waals surface area contributed by atoms with Gasteiger partial charge in [-0.05, 0) is 49.9 Å². The van der Waals surface area contributed by atoms with Gasteiger partial charge in [-0.25, -0.2) is 0 Å². The van der Waals surface area contributed by atoms with E-state index in [0.717, 1.165) is 55.1 Å². The van der Waals surface area contributed by atoms with Gasteiger partial charge in [0, 0.05) is 41.8 Å². The van der Waals surface area contributed by atoms with Crippen LogP contribution in [-0.2, 0) is 4.79 Å². The van der Waals surface area contributed by atoms with Gasteiger partial charge in [-0.15, -0.1) is 12.4 Å². The molecule has 0 spiro atoms. The Balaban J connectivity index is 0.00000243. The van der Waals surface area contributed by atoms with Gasteiger partial charge in [0.2, 0.25) is 5.91 Å². The number of benzene rings is 1. The molecule has 1 aromatic carbocycles. The molecule has 2 atom stereocenters. The predicted octanol–water partition coefficient (Wildman–Crippen LogP) is 2.92. The molecule has 1 aliphatic carbocycles. The number of aryl methyl sites for hydroxylation is 1. The van der Waals surface area contributed by atoms with Crippen LogP contribution in [0.15, 0.2) is 18.2 Å². The van der Waals surface area contributed by atoms with E-state index in [1.54, 1.807) is 0 Å². The van der Waals surface area contributed by atoms with Crippen LogP contribution in [0.2, 0.25) is 0 Å². The van der Waals surface area contributed by atoms with Crippen LogP contribution in [0.4, 0.5) is 5.69 Å². The molecular weight excluding hydrogens is 370 g/mol. The maximum Gasteiger partial charge on any atom is 0.253 e. The van der Waals surface area contributed by atoms with Gasteiger partial charge in [0.05, 0.1) is 0 Å². The molecule has 144 valence electrons. The van der Waals surface area contributed by atoms with E-state index in [9.17, 15) is 9.59 Å². The lowest BCUT2D eigenvalue weighted by Crippen LogP contribution is -2.38. The first-order chi connectivity index (χ1) is 12.1. The normalized spacial score (nSPS) is 22.6. The number of hydrogen-bond donors (Lipinski definition) is 2. The number of halogens is 1. The maximum atomic E-state index is 12.7. The number of carbonyl (C=O) groups is 2. The summed E-state index contributed by atoms with van der Waals surface area (Å²) in [5.74, 6) is 2.33. The third-order valence-electron chi connectivity index (χ3n) is 5.34. The van der Waals surface area contributed by atoms with E-state index in [0.29, 0.717) is 12.1 Å². The summed E-state index contributed by atoms with van der Waals surface area (Å²) in [6.45, 7) is 4.09. The van der Waals surface area contributed by atoms with Crippen molar-refractivity contribution >= 4 is 41.7 Å². The van der Waals surface area contributed by atoms with Gasteiger partial charge in [-0.1, -0.05) is 12.5 Å². The average Bonchev–Trinajstić information content (AvgIpc) is 3.12. The number of nitrogens with two attached hydrogens (primary N) is 1. The van der Waals surface area contributed by atoms with Gasteiger partial charge in [0.15, 0.2) is 0 Å². The lowest BCUT2D eigenvalue weighted by atomic mass is 9.95. The smallest absolute Gasteiger partial charge is 0.253 e. The summed E-state index contributed by atoms with van der Waals surface area (Å²) in [6, 6.07) is 5.59. The topological polar surface area (TPSA) is 75.4 Å². The van der Waals surface area contributed by atoms with Gasteiger partial charge in [0.1, 0.15) is 0 Å². The zero-order valence-corrected chi connectivity index (χ0v) is 16.8. The molecule has 1 heterocycles. The molecule has 1 saturated carbocycles. The number of nitrogens with one attached hydrogen (secondary N) is 1. The summed E-state index contributed by atoms with van der Waals surface area (Å²) in [5.41, 5.74) is 8.16. The molecule has 0 aromatic heterocycles. The van der Waals surface area contributed by atoms with Gasteiger partial charge in [0.25, 0.3) is 5.91 Å². The van der Waals surface area contributed by atoms with E-state index in [4.69, 9.17) is 5.73 Å². The number of thioether (sulfide) groups is 1. The number of rotatable bonds is 4. The van der Waals surface area contributed by atoms with E-state index in [1.807, 2.05) is 41.8 Å².